The Balaban J connectivity index is 1.60. The third-order valence-corrected chi connectivity index (χ3v) is 3.82. The summed E-state index contributed by atoms with van der Waals surface area (Å²) in [5, 5.41) is 6.02. The van der Waals surface area contributed by atoms with Gasteiger partial charge < -0.3 is 21.1 Å². The zero-order chi connectivity index (χ0) is 19.8. The molecule has 0 bridgehead atoms. The molecular weight excluding hydrogens is 361 g/mol. The molecule has 0 fully saturated rings. The molecule has 2 heterocycles. The number of nitrogen functional groups attached to an aromatic ring is 1. The minimum atomic E-state index is -0.583. The molecule has 0 saturated carbocycles. The number of pyridine rings is 2. The van der Waals surface area contributed by atoms with Crippen molar-refractivity contribution in [2.75, 3.05) is 29.6 Å². The summed E-state index contributed by atoms with van der Waals surface area (Å²) in [7, 11) is 0. The molecular formula is C20H20FN5O2. The molecule has 0 saturated heterocycles. The van der Waals surface area contributed by atoms with Crippen molar-refractivity contribution in [1.82, 2.24) is 9.97 Å². The fraction of sp³-hybridized carbons (Fsp3) is 0.150. The van der Waals surface area contributed by atoms with Gasteiger partial charge in [0.05, 0.1) is 11.9 Å². The van der Waals surface area contributed by atoms with E-state index in [1.807, 2.05) is 24.3 Å². The fourth-order valence-electron chi connectivity index (χ4n) is 2.47. The highest BCUT2D eigenvalue weighted by Crippen LogP contribution is 2.17. The molecule has 0 aliphatic rings. The smallest absolute Gasteiger partial charge is 0.274 e. The van der Waals surface area contributed by atoms with Gasteiger partial charge in [0.25, 0.3) is 5.91 Å². The van der Waals surface area contributed by atoms with Gasteiger partial charge in [0, 0.05) is 18.4 Å². The first-order valence-corrected chi connectivity index (χ1v) is 8.65. The lowest BCUT2D eigenvalue weighted by atomic mass is 10.2. The molecule has 0 spiro atoms. The molecule has 28 heavy (non-hydrogen) atoms. The van der Waals surface area contributed by atoms with E-state index in [4.69, 9.17) is 10.5 Å². The standard InChI is InChI=1S/C20H20FN5O2/c21-8-10-28-16-6-7-18(25-13-16)20(27)26-15-4-1-3-14(11-15)12-24-17-5-2-9-23-19(17)22/h1-7,9,11,13,24H,8,10,12H2,(H2,22,23)(H,26,27). The van der Waals surface area contributed by atoms with E-state index in [0.29, 0.717) is 23.8 Å². The predicted octanol–water partition coefficient (Wildman–Crippen LogP) is 3.27. The van der Waals surface area contributed by atoms with Crippen molar-refractivity contribution < 1.29 is 13.9 Å². The summed E-state index contributed by atoms with van der Waals surface area (Å²) in [5.41, 5.74) is 8.40. The summed E-state index contributed by atoms with van der Waals surface area (Å²) in [6.07, 6.45) is 3.02. The monoisotopic (exact) mass is 381 g/mol. The number of anilines is 3. The molecule has 144 valence electrons. The van der Waals surface area contributed by atoms with Crippen LogP contribution in [0.2, 0.25) is 0 Å². The number of alkyl halides is 1. The van der Waals surface area contributed by atoms with E-state index in [1.54, 1.807) is 24.4 Å². The van der Waals surface area contributed by atoms with Crippen LogP contribution in [-0.2, 0) is 6.54 Å². The number of rotatable bonds is 8. The summed E-state index contributed by atoms with van der Waals surface area (Å²) in [5.74, 6) is 0.493. The van der Waals surface area contributed by atoms with E-state index in [2.05, 4.69) is 20.6 Å². The predicted molar refractivity (Wildman–Crippen MR) is 106 cm³/mol. The van der Waals surface area contributed by atoms with Crippen molar-refractivity contribution in [2.24, 2.45) is 0 Å². The van der Waals surface area contributed by atoms with Gasteiger partial charge in [-0.3, -0.25) is 4.79 Å². The highest BCUT2D eigenvalue weighted by Gasteiger charge is 2.09. The maximum Gasteiger partial charge on any atom is 0.274 e. The second kappa shape index (κ2) is 9.31. The number of benzene rings is 1. The van der Waals surface area contributed by atoms with E-state index in [0.717, 1.165) is 11.3 Å². The number of hydrogen-bond acceptors (Lipinski definition) is 6. The van der Waals surface area contributed by atoms with Crippen LogP contribution in [0.15, 0.2) is 60.9 Å². The first kappa shape index (κ1) is 19.1. The van der Waals surface area contributed by atoms with Crippen molar-refractivity contribution in [3.63, 3.8) is 0 Å². The largest absolute Gasteiger partial charge is 0.489 e. The number of carbonyl (C=O) groups is 1. The van der Waals surface area contributed by atoms with Gasteiger partial charge in [-0.1, -0.05) is 12.1 Å². The van der Waals surface area contributed by atoms with Crippen molar-refractivity contribution in [2.45, 2.75) is 6.54 Å². The minimum absolute atomic E-state index is 0.0429. The van der Waals surface area contributed by atoms with E-state index in [-0.39, 0.29) is 18.2 Å². The Morgan fingerprint density at radius 3 is 2.79 bits per heavy atom. The molecule has 4 N–H and O–H groups in total. The zero-order valence-corrected chi connectivity index (χ0v) is 15.1. The van der Waals surface area contributed by atoms with Crippen molar-refractivity contribution >= 4 is 23.1 Å². The van der Waals surface area contributed by atoms with Crippen LogP contribution in [0.1, 0.15) is 16.1 Å². The van der Waals surface area contributed by atoms with Gasteiger partial charge in [0.2, 0.25) is 0 Å². The van der Waals surface area contributed by atoms with E-state index < -0.39 is 6.67 Å². The van der Waals surface area contributed by atoms with Gasteiger partial charge in [0.15, 0.2) is 0 Å². The first-order chi connectivity index (χ1) is 13.7. The number of ether oxygens (including phenoxy) is 1. The van der Waals surface area contributed by atoms with Crippen LogP contribution >= 0.6 is 0 Å². The Bertz CT molecular complexity index is 934. The van der Waals surface area contributed by atoms with Crippen LogP contribution in [0.3, 0.4) is 0 Å². The van der Waals surface area contributed by atoms with Crippen LogP contribution in [-0.4, -0.2) is 29.2 Å². The van der Waals surface area contributed by atoms with Gasteiger partial charge in [-0.05, 0) is 42.0 Å². The average Bonchev–Trinajstić information content (AvgIpc) is 2.72. The van der Waals surface area contributed by atoms with Crippen molar-refractivity contribution in [1.29, 1.82) is 0 Å². The lowest BCUT2D eigenvalue weighted by Gasteiger charge is -2.10. The molecule has 1 amide bonds. The maximum atomic E-state index is 12.4. The molecule has 0 aliphatic heterocycles. The zero-order valence-electron chi connectivity index (χ0n) is 15.1. The molecule has 3 aromatic rings. The molecule has 0 aliphatic carbocycles. The number of halogens is 1. The topological polar surface area (TPSA) is 102 Å². The Kier molecular flexibility index (Phi) is 6.35. The summed E-state index contributed by atoms with van der Waals surface area (Å²) in [4.78, 5) is 20.4. The molecule has 0 radical (unpaired) electrons. The number of amides is 1. The molecule has 2 aromatic heterocycles. The molecule has 1 aromatic carbocycles. The van der Waals surface area contributed by atoms with Crippen LogP contribution in [0.4, 0.5) is 21.6 Å². The Morgan fingerprint density at radius 2 is 2.04 bits per heavy atom. The van der Waals surface area contributed by atoms with E-state index >= 15 is 0 Å². The third-order valence-electron chi connectivity index (χ3n) is 3.82. The SMILES string of the molecule is Nc1ncccc1NCc1cccc(NC(=O)c2ccc(OCCF)cn2)c1. The summed E-state index contributed by atoms with van der Waals surface area (Å²) >= 11 is 0. The maximum absolute atomic E-state index is 12.4. The summed E-state index contributed by atoms with van der Waals surface area (Å²) in [6.45, 7) is -0.0992. The number of nitrogens with one attached hydrogen (secondary N) is 2. The Hall–Kier alpha value is -3.68. The first-order valence-electron chi connectivity index (χ1n) is 8.65. The number of aromatic nitrogens is 2. The van der Waals surface area contributed by atoms with Gasteiger partial charge in [0.1, 0.15) is 30.5 Å². The average molecular weight is 381 g/mol. The van der Waals surface area contributed by atoms with E-state index in [9.17, 15) is 9.18 Å². The van der Waals surface area contributed by atoms with E-state index in [1.165, 1.54) is 12.3 Å². The molecule has 7 nitrogen and oxygen atoms in total. The summed E-state index contributed by atoms with van der Waals surface area (Å²) in [6, 6.07) is 14.2. The van der Waals surface area contributed by atoms with Gasteiger partial charge in [-0.2, -0.15) is 0 Å². The second-order valence-electron chi connectivity index (χ2n) is 5.86. The van der Waals surface area contributed by atoms with Crippen LogP contribution < -0.4 is 21.1 Å². The fourth-order valence-corrected chi connectivity index (χ4v) is 2.47. The second-order valence-corrected chi connectivity index (χ2v) is 5.86. The minimum Gasteiger partial charge on any atom is -0.489 e. The lowest BCUT2D eigenvalue weighted by molar-refractivity contribution is 0.102. The number of hydrogen-bond donors (Lipinski definition) is 3. The number of carbonyl (C=O) groups excluding carboxylic acids is 1. The quantitative estimate of drug-likeness (QED) is 0.553. The lowest BCUT2D eigenvalue weighted by Crippen LogP contribution is -2.14. The van der Waals surface area contributed by atoms with Gasteiger partial charge in [-0.25, -0.2) is 14.4 Å². The molecule has 8 heteroatoms. The molecule has 0 unspecified atom stereocenters. The highest BCUT2D eigenvalue weighted by molar-refractivity contribution is 6.02. The third kappa shape index (κ3) is 5.16. The number of nitrogens with zero attached hydrogens (tertiary/aromatic N) is 2. The molecule has 3 rings (SSSR count). The van der Waals surface area contributed by atoms with Crippen molar-refractivity contribution in [3.05, 3.63) is 72.2 Å². The van der Waals surface area contributed by atoms with Crippen molar-refractivity contribution in [3.8, 4) is 5.75 Å². The van der Waals surface area contributed by atoms with Crippen LogP contribution in [0.25, 0.3) is 0 Å². The van der Waals surface area contributed by atoms with Gasteiger partial charge >= 0.3 is 0 Å². The van der Waals surface area contributed by atoms with Crippen LogP contribution in [0, 0.1) is 0 Å². The normalized spacial score (nSPS) is 10.3. The van der Waals surface area contributed by atoms with Gasteiger partial charge in [-0.15, -0.1) is 0 Å². The Labute approximate surface area is 161 Å². The van der Waals surface area contributed by atoms with Crippen LogP contribution in [0.5, 0.6) is 5.75 Å². The Morgan fingerprint density at radius 1 is 1.14 bits per heavy atom. The number of nitrogens with two attached hydrogens (primary N) is 1. The summed E-state index contributed by atoms with van der Waals surface area (Å²) < 4.78 is 17.2. The molecule has 0 atom stereocenters. The highest BCUT2D eigenvalue weighted by atomic mass is 19.1.